The fourth-order valence-electron chi connectivity index (χ4n) is 3.85. The molecule has 1 amide bonds. The van der Waals surface area contributed by atoms with Crippen LogP contribution in [0.15, 0.2) is 72.9 Å². The van der Waals surface area contributed by atoms with Crippen LogP contribution in [0.4, 0.5) is 28.8 Å². The van der Waals surface area contributed by atoms with Gasteiger partial charge in [-0.1, -0.05) is 41.4 Å². The standard InChI is InChI=1S/C26H22ClN5O/c1-16-4-2-6-19(12-16)25(33)31-23-11-10-21-14-18(23)9-8-17-5-3-7-20(13-17)30-26-28-15-22(27)24(29-21)32-26/h2-7,10-15H,8-9H2,1H3,(H,31,33)(H2,28,29,30,32). The quantitative estimate of drug-likeness (QED) is 0.331. The largest absolute Gasteiger partial charge is 0.339 e. The first-order valence-electron chi connectivity index (χ1n) is 10.7. The summed E-state index contributed by atoms with van der Waals surface area (Å²) >= 11 is 6.34. The summed E-state index contributed by atoms with van der Waals surface area (Å²) in [6.07, 6.45) is 3.13. The van der Waals surface area contributed by atoms with Gasteiger partial charge < -0.3 is 16.0 Å². The Bertz CT molecular complexity index is 1350. The molecule has 0 saturated heterocycles. The molecule has 0 saturated carbocycles. The molecule has 2 heterocycles. The number of aryl methyl sites for hydroxylation is 3. The zero-order chi connectivity index (χ0) is 22.8. The molecule has 4 aromatic rings. The molecule has 5 rings (SSSR count). The van der Waals surface area contributed by atoms with Crippen LogP contribution in [0.5, 0.6) is 0 Å². The maximum atomic E-state index is 12.9. The van der Waals surface area contributed by atoms with Crippen molar-refractivity contribution in [1.82, 2.24) is 9.97 Å². The molecule has 6 bridgehead atoms. The summed E-state index contributed by atoms with van der Waals surface area (Å²) in [7, 11) is 0. The lowest BCUT2D eigenvalue weighted by atomic mass is 10.0. The first-order chi connectivity index (χ1) is 16.0. The Morgan fingerprint density at radius 2 is 1.82 bits per heavy atom. The summed E-state index contributed by atoms with van der Waals surface area (Å²) < 4.78 is 0. The smallest absolute Gasteiger partial charge is 0.255 e. The predicted octanol–water partition coefficient (Wildman–Crippen LogP) is 6.28. The average Bonchev–Trinajstić information content (AvgIpc) is 2.81. The number of carbonyl (C=O) groups excluding carboxylic acids is 1. The Kier molecular flexibility index (Phi) is 5.67. The highest BCUT2D eigenvalue weighted by atomic mass is 35.5. The van der Waals surface area contributed by atoms with Crippen LogP contribution in [0, 0.1) is 6.92 Å². The van der Waals surface area contributed by atoms with E-state index in [-0.39, 0.29) is 5.91 Å². The number of carbonyl (C=O) groups is 1. The topological polar surface area (TPSA) is 78.9 Å². The molecule has 1 aromatic heterocycles. The van der Waals surface area contributed by atoms with E-state index in [9.17, 15) is 4.79 Å². The van der Waals surface area contributed by atoms with Crippen molar-refractivity contribution >= 4 is 46.3 Å². The van der Waals surface area contributed by atoms with Gasteiger partial charge in [0.15, 0.2) is 5.82 Å². The fourth-order valence-corrected chi connectivity index (χ4v) is 3.98. The monoisotopic (exact) mass is 455 g/mol. The van der Waals surface area contributed by atoms with E-state index in [1.54, 1.807) is 6.20 Å². The van der Waals surface area contributed by atoms with E-state index in [4.69, 9.17) is 11.6 Å². The summed E-state index contributed by atoms with van der Waals surface area (Å²) in [6, 6.07) is 21.6. The summed E-state index contributed by atoms with van der Waals surface area (Å²) in [6.45, 7) is 1.97. The van der Waals surface area contributed by atoms with E-state index in [1.807, 2.05) is 61.5 Å². The summed E-state index contributed by atoms with van der Waals surface area (Å²) in [4.78, 5) is 21.7. The van der Waals surface area contributed by atoms with Crippen molar-refractivity contribution < 1.29 is 4.79 Å². The molecule has 0 fully saturated rings. The molecule has 1 aliphatic heterocycles. The minimum atomic E-state index is -0.131. The fraction of sp³-hybridized carbons (Fsp3) is 0.115. The lowest BCUT2D eigenvalue weighted by Gasteiger charge is -2.15. The molecule has 0 radical (unpaired) electrons. The van der Waals surface area contributed by atoms with Crippen LogP contribution in [-0.4, -0.2) is 15.9 Å². The molecule has 1 aliphatic rings. The number of fused-ring (bicyclic) bond motifs is 6. The van der Waals surface area contributed by atoms with E-state index in [0.29, 0.717) is 22.4 Å². The summed E-state index contributed by atoms with van der Waals surface area (Å²) in [5, 5.41) is 10.0. The highest BCUT2D eigenvalue weighted by Crippen LogP contribution is 2.29. The van der Waals surface area contributed by atoms with Crippen molar-refractivity contribution in [3.8, 4) is 0 Å². The number of aromatic nitrogens is 2. The number of benzene rings is 3. The van der Waals surface area contributed by atoms with Gasteiger partial charge in [0.1, 0.15) is 5.02 Å². The first kappa shape index (κ1) is 21.0. The Morgan fingerprint density at radius 3 is 2.70 bits per heavy atom. The molecule has 3 N–H and O–H groups in total. The molecule has 6 nitrogen and oxygen atoms in total. The van der Waals surface area contributed by atoms with Crippen molar-refractivity contribution in [2.24, 2.45) is 0 Å². The van der Waals surface area contributed by atoms with Crippen LogP contribution >= 0.6 is 11.6 Å². The third-order valence-corrected chi connectivity index (χ3v) is 5.78. The number of hydrogen-bond donors (Lipinski definition) is 3. The summed E-state index contributed by atoms with van der Waals surface area (Å²) in [5.41, 5.74) is 6.38. The highest BCUT2D eigenvalue weighted by Gasteiger charge is 2.13. The van der Waals surface area contributed by atoms with Crippen molar-refractivity contribution in [2.45, 2.75) is 19.8 Å². The summed E-state index contributed by atoms with van der Waals surface area (Å²) in [5.74, 6) is 0.834. The van der Waals surface area contributed by atoms with Crippen LogP contribution in [0.1, 0.15) is 27.0 Å². The molecule has 7 heteroatoms. The SMILES string of the molecule is Cc1cccc(C(=O)Nc2ccc3cc2CCc2cccc(c2)Nc2ncc(Cl)c(n2)N3)c1. The average molecular weight is 456 g/mol. The molecule has 0 atom stereocenters. The molecular weight excluding hydrogens is 434 g/mol. The number of hydrogen-bond acceptors (Lipinski definition) is 5. The first-order valence-corrected chi connectivity index (χ1v) is 11.1. The van der Waals surface area contributed by atoms with Gasteiger partial charge in [0.2, 0.25) is 5.95 Å². The molecule has 0 aliphatic carbocycles. The van der Waals surface area contributed by atoms with Gasteiger partial charge in [-0.3, -0.25) is 4.79 Å². The second-order valence-corrected chi connectivity index (χ2v) is 8.44. The minimum absolute atomic E-state index is 0.131. The molecule has 164 valence electrons. The normalized spacial score (nSPS) is 12.3. The van der Waals surface area contributed by atoms with E-state index < -0.39 is 0 Å². The Labute approximate surface area is 197 Å². The third-order valence-electron chi connectivity index (χ3n) is 5.51. The predicted molar refractivity (Wildman–Crippen MR) is 133 cm³/mol. The zero-order valence-corrected chi connectivity index (χ0v) is 18.8. The Morgan fingerprint density at radius 1 is 0.970 bits per heavy atom. The van der Waals surface area contributed by atoms with Crippen molar-refractivity contribution in [3.05, 3.63) is 100 Å². The molecule has 0 spiro atoms. The number of nitrogens with zero attached hydrogens (tertiary/aromatic N) is 2. The number of halogens is 1. The van der Waals surface area contributed by atoms with Crippen LogP contribution in [0.2, 0.25) is 5.02 Å². The van der Waals surface area contributed by atoms with Gasteiger partial charge >= 0.3 is 0 Å². The van der Waals surface area contributed by atoms with Crippen LogP contribution in [-0.2, 0) is 12.8 Å². The van der Waals surface area contributed by atoms with E-state index in [0.717, 1.165) is 41.0 Å². The highest BCUT2D eigenvalue weighted by molar-refractivity contribution is 6.32. The molecule has 33 heavy (non-hydrogen) atoms. The number of rotatable bonds is 2. The maximum absolute atomic E-state index is 12.9. The second kappa shape index (κ2) is 8.92. The zero-order valence-electron chi connectivity index (χ0n) is 18.0. The van der Waals surface area contributed by atoms with Gasteiger partial charge in [0.25, 0.3) is 5.91 Å². The Balaban J connectivity index is 1.52. The number of nitrogens with one attached hydrogen (secondary N) is 3. The molecular formula is C26H22ClN5O. The minimum Gasteiger partial charge on any atom is -0.339 e. The van der Waals surface area contributed by atoms with Gasteiger partial charge in [-0.2, -0.15) is 4.98 Å². The lowest BCUT2D eigenvalue weighted by Crippen LogP contribution is -2.14. The third kappa shape index (κ3) is 4.81. The van der Waals surface area contributed by atoms with Gasteiger partial charge in [-0.05, 0) is 73.4 Å². The van der Waals surface area contributed by atoms with Crippen molar-refractivity contribution in [2.75, 3.05) is 16.0 Å². The van der Waals surface area contributed by atoms with Crippen molar-refractivity contribution in [3.63, 3.8) is 0 Å². The lowest BCUT2D eigenvalue weighted by molar-refractivity contribution is 0.102. The molecule has 0 unspecified atom stereocenters. The maximum Gasteiger partial charge on any atom is 0.255 e. The van der Waals surface area contributed by atoms with E-state index >= 15 is 0 Å². The Hall–Kier alpha value is -3.90. The molecule has 3 aromatic carbocycles. The van der Waals surface area contributed by atoms with Gasteiger partial charge in [-0.25, -0.2) is 4.98 Å². The van der Waals surface area contributed by atoms with Crippen molar-refractivity contribution in [1.29, 1.82) is 0 Å². The number of amides is 1. The van der Waals surface area contributed by atoms with Crippen LogP contribution < -0.4 is 16.0 Å². The van der Waals surface area contributed by atoms with Gasteiger partial charge in [-0.15, -0.1) is 0 Å². The van der Waals surface area contributed by atoms with Crippen LogP contribution in [0.3, 0.4) is 0 Å². The van der Waals surface area contributed by atoms with Crippen LogP contribution in [0.25, 0.3) is 0 Å². The second-order valence-electron chi connectivity index (χ2n) is 8.04. The van der Waals surface area contributed by atoms with Gasteiger partial charge in [0, 0.05) is 22.6 Å². The van der Waals surface area contributed by atoms with Gasteiger partial charge in [0.05, 0.1) is 6.20 Å². The van der Waals surface area contributed by atoms with E-state index in [1.165, 1.54) is 5.56 Å². The van der Waals surface area contributed by atoms with E-state index in [2.05, 4.69) is 38.1 Å². The number of anilines is 5.